The fourth-order valence-corrected chi connectivity index (χ4v) is 2.90. The van der Waals surface area contributed by atoms with Crippen LogP contribution in [0.3, 0.4) is 0 Å². The van der Waals surface area contributed by atoms with Crippen molar-refractivity contribution in [2.45, 2.75) is 33.1 Å². The van der Waals surface area contributed by atoms with E-state index in [1.165, 1.54) is 22.2 Å². The van der Waals surface area contributed by atoms with Gasteiger partial charge in [-0.25, -0.2) is 9.78 Å². The molecule has 0 aliphatic heterocycles. The highest BCUT2D eigenvalue weighted by atomic mass is 16.4. The minimum Gasteiger partial charge on any atom is -0.478 e. The molecule has 0 fully saturated rings. The van der Waals surface area contributed by atoms with Crippen LogP contribution < -0.4 is 5.56 Å². The van der Waals surface area contributed by atoms with E-state index in [1.807, 2.05) is 43.3 Å². The number of hydrogen-bond donors (Lipinski definition) is 1. The molecule has 0 aliphatic rings. The van der Waals surface area contributed by atoms with Crippen LogP contribution in [0.5, 0.6) is 0 Å². The van der Waals surface area contributed by atoms with Crippen LogP contribution in [-0.2, 0) is 6.42 Å². The van der Waals surface area contributed by atoms with Gasteiger partial charge in [0.2, 0.25) is 0 Å². The summed E-state index contributed by atoms with van der Waals surface area (Å²) < 4.78 is 1.33. The van der Waals surface area contributed by atoms with E-state index < -0.39 is 5.97 Å². The zero-order valence-electron chi connectivity index (χ0n) is 15.5. The van der Waals surface area contributed by atoms with Gasteiger partial charge in [0.25, 0.3) is 5.56 Å². The number of aryl methyl sites for hydroxylation is 1. The van der Waals surface area contributed by atoms with Gasteiger partial charge in [0.1, 0.15) is 5.65 Å². The average Bonchev–Trinajstić information content (AvgIpc) is 2.66. The smallest absolute Gasteiger partial charge is 0.337 e. The van der Waals surface area contributed by atoms with E-state index in [2.05, 4.69) is 11.9 Å². The molecule has 0 saturated carbocycles. The second-order valence-corrected chi connectivity index (χ2v) is 6.58. The topological polar surface area (TPSA) is 71.7 Å². The summed E-state index contributed by atoms with van der Waals surface area (Å²) in [5, 5.41) is 9.18. The minimum absolute atomic E-state index is 0.0655. The lowest BCUT2D eigenvalue weighted by atomic mass is 10.1. The Morgan fingerprint density at radius 1 is 1.15 bits per heavy atom. The van der Waals surface area contributed by atoms with E-state index in [0.29, 0.717) is 23.3 Å². The lowest BCUT2D eigenvalue weighted by Gasteiger charge is -2.09. The van der Waals surface area contributed by atoms with Gasteiger partial charge in [-0.15, -0.1) is 0 Å². The number of carbonyl (C=O) groups is 1. The maximum atomic E-state index is 13.0. The SMILES string of the molecule is CCCCc1c(/C=C/c2ccc(C)cc2)nc2ccc(C(=O)O)cn2c1=O. The van der Waals surface area contributed by atoms with Crippen molar-refractivity contribution in [3.05, 3.63) is 80.9 Å². The van der Waals surface area contributed by atoms with Gasteiger partial charge < -0.3 is 5.11 Å². The van der Waals surface area contributed by atoms with Gasteiger partial charge in [0.05, 0.1) is 11.3 Å². The number of hydrogen-bond acceptors (Lipinski definition) is 3. The van der Waals surface area contributed by atoms with Crippen LogP contribution in [0.25, 0.3) is 17.8 Å². The molecule has 0 bridgehead atoms. The number of fused-ring (bicyclic) bond motifs is 1. The molecule has 0 aliphatic carbocycles. The van der Waals surface area contributed by atoms with Crippen LogP contribution in [0.1, 0.15) is 52.5 Å². The fraction of sp³-hybridized carbons (Fsp3) is 0.227. The number of benzene rings is 1. The summed E-state index contributed by atoms with van der Waals surface area (Å²) in [5.41, 5.74) is 3.76. The van der Waals surface area contributed by atoms with Crippen molar-refractivity contribution in [1.82, 2.24) is 9.38 Å². The first-order valence-corrected chi connectivity index (χ1v) is 9.03. The molecule has 0 radical (unpaired) electrons. The molecule has 27 heavy (non-hydrogen) atoms. The molecule has 0 unspecified atom stereocenters. The zero-order valence-corrected chi connectivity index (χ0v) is 15.5. The molecule has 1 N–H and O–H groups in total. The molecule has 5 heteroatoms. The molecule has 1 aromatic carbocycles. The quantitative estimate of drug-likeness (QED) is 0.713. The van der Waals surface area contributed by atoms with Gasteiger partial charge in [-0.1, -0.05) is 49.2 Å². The van der Waals surface area contributed by atoms with Gasteiger partial charge in [0, 0.05) is 11.8 Å². The third kappa shape index (κ3) is 4.14. The van der Waals surface area contributed by atoms with E-state index in [9.17, 15) is 14.7 Å². The van der Waals surface area contributed by atoms with Gasteiger partial charge in [-0.3, -0.25) is 9.20 Å². The molecule has 5 nitrogen and oxygen atoms in total. The van der Waals surface area contributed by atoms with Gasteiger partial charge >= 0.3 is 5.97 Å². The lowest BCUT2D eigenvalue weighted by Crippen LogP contribution is -2.22. The first-order valence-electron chi connectivity index (χ1n) is 9.03. The summed E-state index contributed by atoms with van der Waals surface area (Å²) in [5.74, 6) is -1.07. The van der Waals surface area contributed by atoms with Crippen molar-refractivity contribution < 1.29 is 9.90 Å². The van der Waals surface area contributed by atoms with Gasteiger partial charge in [-0.05, 0) is 43.5 Å². The predicted octanol–water partition coefficient (Wildman–Crippen LogP) is 4.21. The van der Waals surface area contributed by atoms with E-state index in [-0.39, 0.29) is 11.1 Å². The molecule has 0 amide bonds. The number of rotatable bonds is 6. The Hall–Kier alpha value is -3.21. The molecule has 3 rings (SSSR count). The Labute approximate surface area is 157 Å². The van der Waals surface area contributed by atoms with Crippen molar-refractivity contribution in [3.8, 4) is 0 Å². The predicted molar refractivity (Wildman–Crippen MR) is 107 cm³/mol. The number of nitrogens with zero attached hydrogens (tertiary/aromatic N) is 2. The average molecular weight is 362 g/mol. The standard InChI is InChI=1S/C22H22N2O3/c1-3-4-5-18-19(12-10-16-8-6-15(2)7-9-16)23-20-13-11-17(22(26)27)14-24(20)21(18)25/h6-14H,3-5H2,1-2H3,(H,26,27)/b12-10+. The van der Waals surface area contributed by atoms with Gasteiger partial charge in [0.15, 0.2) is 0 Å². The van der Waals surface area contributed by atoms with Crippen molar-refractivity contribution in [3.63, 3.8) is 0 Å². The molecule has 0 atom stereocenters. The molecule has 2 aromatic heterocycles. The maximum Gasteiger partial charge on any atom is 0.337 e. The fourth-order valence-electron chi connectivity index (χ4n) is 2.90. The largest absolute Gasteiger partial charge is 0.478 e. The van der Waals surface area contributed by atoms with Crippen LogP contribution in [0.2, 0.25) is 0 Å². The molecule has 0 saturated heterocycles. The third-order valence-electron chi connectivity index (χ3n) is 4.49. The van der Waals surface area contributed by atoms with Gasteiger partial charge in [-0.2, -0.15) is 0 Å². The van der Waals surface area contributed by atoms with Crippen LogP contribution in [-0.4, -0.2) is 20.5 Å². The van der Waals surface area contributed by atoms with Crippen molar-refractivity contribution >= 4 is 23.8 Å². The number of aromatic nitrogens is 2. The van der Waals surface area contributed by atoms with Crippen molar-refractivity contribution in [2.24, 2.45) is 0 Å². The number of carboxylic acid groups (broad SMARTS) is 1. The van der Waals surface area contributed by atoms with E-state index in [4.69, 9.17) is 0 Å². The molecule has 0 spiro atoms. The zero-order chi connectivity index (χ0) is 19.4. The number of unbranched alkanes of at least 4 members (excludes halogenated alkanes) is 1. The van der Waals surface area contributed by atoms with Crippen molar-refractivity contribution in [1.29, 1.82) is 0 Å². The summed E-state index contributed by atoms with van der Waals surface area (Å²) in [6.07, 6.45) is 7.58. The second-order valence-electron chi connectivity index (χ2n) is 6.58. The summed E-state index contributed by atoms with van der Waals surface area (Å²) in [6, 6.07) is 11.1. The monoisotopic (exact) mass is 362 g/mol. The highest BCUT2D eigenvalue weighted by Crippen LogP contribution is 2.14. The highest BCUT2D eigenvalue weighted by molar-refractivity contribution is 5.87. The Kier molecular flexibility index (Phi) is 5.50. The Morgan fingerprint density at radius 3 is 2.56 bits per heavy atom. The van der Waals surface area contributed by atoms with E-state index in [0.717, 1.165) is 18.4 Å². The molecule has 2 heterocycles. The number of aromatic carboxylic acids is 1. The first kappa shape index (κ1) is 18.6. The maximum absolute atomic E-state index is 13.0. The normalized spacial score (nSPS) is 11.3. The molecular weight excluding hydrogens is 340 g/mol. The molecule has 138 valence electrons. The van der Waals surface area contributed by atoms with Crippen LogP contribution in [0.15, 0.2) is 47.4 Å². The summed E-state index contributed by atoms with van der Waals surface area (Å²) in [7, 11) is 0. The van der Waals surface area contributed by atoms with Crippen LogP contribution in [0, 0.1) is 6.92 Å². The van der Waals surface area contributed by atoms with E-state index in [1.54, 1.807) is 6.07 Å². The third-order valence-corrected chi connectivity index (χ3v) is 4.49. The molecular formula is C22H22N2O3. The second kappa shape index (κ2) is 7.99. The number of pyridine rings is 1. The Bertz CT molecular complexity index is 1060. The Morgan fingerprint density at radius 2 is 1.89 bits per heavy atom. The van der Waals surface area contributed by atoms with E-state index >= 15 is 0 Å². The Balaban J connectivity index is 2.12. The lowest BCUT2D eigenvalue weighted by molar-refractivity contribution is 0.0696. The highest BCUT2D eigenvalue weighted by Gasteiger charge is 2.12. The molecule has 3 aromatic rings. The summed E-state index contributed by atoms with van der Waals surface area (Å²) in [6.45, 7) is 4.10. The number of carboxylic acids is 1. The van der Waals surface area contributed by atoms with Crippen LogP contribution >= 0.6 is 0 Å². The first-order chi connectivity index (χ1) is 13.0. The minimum atomic E-state index is -1.07. The summed E-state index contributed by atoms with van der Waals surface area (Å²) in [4.78, 5) is 28.8. The summed E-state index contributed by atoms with van der Waals surface area (Å²) >= 11 is 0. The van der Waals surface area contributed by atoms with Crippen molar-refractivity contribution in [2.75, 3.05) is 0 Å². The van der Waals surface area contributed by atoms with Crippen LogP contribution in [0.4, 0.5) is 0 Å².